The van der Waals surface area contributed by atoms with Crippen molar-refractivity contribution in [2.45, 2.75) is 56.8 Å². The smallest absolute Gasteiger partial charge is 0.418 e. The minimum absolute atomic E-state index is 0.134. The number of alkyl halides is 6. The van der Waals surface area contributed by atoms with Gasteiger partial charge in [0.2, 0.25) is 5.91 Å². The lowest BCUT2D eigenvalue weighted by atomic mass is 9.83. The number of halogens is 6. The van der Waals surface area contributed by atoms with Crippen molar-refractivity contribution in [1.82, 2.24) is 4.98 Å². The van der Waals surface area contributed by atoms with E-state index in [4.69, 9.17) is 5.11 Å². The second-order valence-corrected chi connectivity index (χ2v) is 9.82. The standard InChI is InChI=1S/C29H26F6N2O3/c30-28(31,32)22-14-21(15-36-16-22)17-8-10-19(11-9-17)25(18-4-1-2-5-18)27(40)37-23-7-3-6-20(12-13-24(38)39)26(23)29(33,34)35/h3,6-11,14-16,18,25H,1-2,4-5,12-13H2,(H,37,40)(H,38,39). The van der Waals surface area contributed by atoms with Crippen molar-refractivity contribution in [3.63, 3.8) is 0 Å². The van der Waals surface area contributed by atoms with Gasteiger partial charge in [0.1, 0.15) is 0 Å². The summed E-state index contributed by atoms with van der Waals surface area (Å²) >= 11 is 0. The molecule has 40 heavy (non-hydrogen) atoms. The summed E-state index contributed by atoms with van der Waals surface area (Å²) in [6.07, 6.45) is -5.11. The molecule has 1 aromatic heterocycles. The average Bonchev–Trinajstić information content (AvgIpc) is 3.41. The number of carbonyl (C=O) groups is 2. The summed E-state index contributed by atoms with van der Waals surface area (Å²) in [6, 6.07) is 11.0. The van der Waals surface area contributed by atoms with E-state index in [-0.39, 0.29) is 23.5 Å². The van der Waals surface area contributed by atoms with Crippen molar-refractivity contribution in [1.29, 1.82) is 0 Å². The van der Waals surface area contributed by atoms with E-state index in [1.165, 1.54) is 18.3 Å². The van der Waals surface area contributed by atoms with E-state index >= 15 is 0 Å². The van der Waals surface area contributed by atoms with Crippen LogP contribution >= 0.6 is 0 Å². The number of amides is 1. The third kappa shape index (κ3) is 6.81. The number of carboxylic acids is 1. The minimum atomic E-state index is -4.83. The lowest BCUT2D eigenvalue weighted by Crippen LogP contribution is -2.28. The van der Waals surface area contributed by atoms with Crippen molar-refractivity contribution in [3.05, 3.63) is 83.2 Å². The van der Waals surface area contributed by atoms with Gasteiger partial charge in [-0.15, -0.1) is 0 Å². The molecule has 0 aliphatic heterocycles. The fourth-order valence-corrected chi connectivity index (χ4v) is 5.26. The summed E-state index contributed by atoms with van der Waals surface area (Å²) in [6.45, 7) is 0. The summed E-state index contributed by atoms with van der Waals surface area (Å²) in [5.74, 6) is -2.81. The molecule has 11 heteroatoms. The fraction of sp³-hybridized carbons (Fsp3) is 0.345. The molecule has 1 unspecified atom stereocenters. The summed E-state index contributed by atoms with van der Waals surface area (Å²) < 4.78 is 81.5. The topological polar surface area (TPSA) is 79.3 Å². The molecule has 5 nitrogen and oxygen atoms in total. The molecule has 0 spiro atoms. The van der Waals surface area contributed by atoms with Gasteiger partial charge in [-0.3, -0.25) is 14.6 Å². The van der Waals surface area contributed by atoms with Gasteiger partial charge in [0.25, 0.3) is 0 Å². The number of carbonyl (C=O) groups excluding carboxylic acids is 1. The Morgan fingerprint density at radius 3 is 2.20 bits per heavy atom. The van der Waals surface area contributed by atoms with Gasteiger partial charge < -0.3 is 10.4 Å². The second kappa shape index (κ2) is 11.7. The van der Waals surface area contributed by atoms with E-state index in [0.717, 1.165) is 31.2 Å². The lowest BCUT2D eigenvalue weighted by molar-refractivity contribution is -0.139. The van der Waals surface area contributed by atoms with Gasteiger partial charge in [-0.1, -0.05) is 49.2 Å². The number of pyridine rings is 1. The van der Waals surface area contributed by atoms with Crippen LogP contribution in [0.3, 0.4) is 0 Å². The molecule has 212 valence electrons. The van der Waals surface area contributed by atoms with Crippen LogP contribution in [0.5, 0.6) is 0 Å². The number of aromatic nitrogens is 1. The van der Waals surface area contributed by atoms with Gasteiger partial charge in [0.05, 0.1) is 22.7 Å². The number of hydrogen-bond donors (Lipinski definition) is 2. The summed E-state index contributed by atoms with van der Waals surface area (Å²) in [7, 11) is 0. The first-order valence-electron chi connectivity index (χ1n) is 12.7. The number of aryl methyl sites for hydroxylation is 1. The number of carboxylic acid groups (broad SMARTS) is 1. The molecule has 3 aromatic rings. The minimum Gasteiger partial charge on any atom is -0.481 e. The fourth-order valence-electron chi connectivity index (χ4n) is 5.26. The number of rotatable bonds is 8. The first-order chi connectivity index (χ1) is 18.8. The van der Waals surface area contributed by atoms with Crippen molar-refractivity contribution in [3.8, 4) is 11.1 Å². The Hall–Kier alpha value is -3.89. The van der Waals surface area contributed by atoms with E-state index in [2.05, 4.69) is 10.3 Å². The number of benzene rings is 2. The van der Waals surface area contributed by atoms with E-state index in [9.17, 15) is 35.9 Å². The van der Waals surface area contributed by atoms with Crippen LogP contribution in [0.15, 0.2) is 60.9 Å². The quantitative estimate of drug-likeness (QED) is 0.275. The Labute approximate surface area is 226 Å². The van der Waals surface area contributed by atoms with Crippen molar-refractivity contribution >= 4 is 17.6 Å². The molecule has 0 saturated heterocycles. The number of anilines is 1. The van der Waals surface area contributed by atoms with Gasteiger partial charge in [0.15, 0.2) is 0 Å². The van der Waals surface area contributed by atoms with E-state index in [1.807, 2.05) is 0 Å². The van der Waals surface area contributed by atoms with Crippen LogP contribution in [-0.4, -0.2) is 22.0 Å². The zero-order valence-corrected chi connectivity index (χ0v) is 21.1. The van der Waals surface area contributed by atoms with Gasteiger partial charge in [-0.25, -0.2) is 0 Å². The van der Waals surface area contributed by atoms with E-state index in [1.54, 1.807) is 24.3 Å². The SMILES string of the molecule is O=C(O)CCc1cccc(NC(=O)C(c2ccc(-c3cncc(C(F)(F)F)c3)cc2)C2CCCC2)c1C(F)(F)F. The summed E-state index contributed by atoms with van der Waals surface area (Å²) in [5.41, 5.74) is -1.46. The number of nitrogens with one attached hydrogen (secondary N) is 1. The maximum Gasteiger partial charge on any atom is 0.418 e. The van der Waals surface area contributed by atoms with Gasteiger partial charge in [-0.2, -0.15) is 26.3 Å². The zero-order chi connectivity index (χ0) is 29.1. The highest BCUT2D eigenvalue weighted by Gasteiger charge is 2.38. The molecule has 2 N–H and O–H groups in total. The van der Waals surface area contributed by atoms with Crippen LogP contribution in [-0.2, 0) is 28.4 Å². The van der Waals surface area contributed by atoms with Crippen LogP contribution in [0.1, 0.15) is 60.3 Å². The largest absolute Gasteiger partial charge is 0.481 e. The number of nitrogens with zero attached hydrogens (tertiary/aromatic N) is 1. The van der Waals surface area contributed by atoms with Crippen LogP contribution in [0.4, 0.5) is 32.0 Å². The Kier molecular flexibility index (Phi) is 8.51. The molecule has 0 bridgehead atoms. The first kappa shape index (κ1) is 29.1. The van der Waals surface area contributed by atoms with E-state index in [0.29, 0.717) is 24.0 Å². The average molecular weight is 565 g/mol. The van der Waals surface area contributed by atoms with Crippen LogP contribution in [0.25, 0.3) is 11.1 Å². The number of hydrogen-bond acceptors (Lipinski definition) is 3. The van der Waals surface area contributed by atoms with Crippen LogP contribution in [0.2, 0.25) is 0 Å². The zero-order valence-electron chi connectivity index (χ0n) is 21.1. The summed E-state index contributed by atoms with van der Waals surface area (Å²) in [4.78, 5) is 28.2. The normalized spacial score (nSPS) is 15.2. The molecule has 1 aliphatic carbocycles. The van der Waals surface area contributed by atoms with Gasteiger partial charge in [0, 0.05) is 24.4 Å². The van der Waals surface area contributed by atoms with Gasteiger partial charge in [-0.05, 0) is 54.0 Å². The van der Waals surface area contributed by atoms with Gasteiger partial charge >= 0.3 is 18.3 Å². The van der Waals surface area contributed by atoms with Crippen molar-refractivity contribution in [2.24, 2.45) is 5.92 Å². The Balaban J connectivity index is 1.65. The molecule has 1 heterocycles. The highest BCUT2D eigenvalue weighted by Crippen LogP contribution is 2.42. The van der Waals surface area contributed by atoms with E-state index < -0.39 is 53.4 Å². The molecule has 1 amide bonds. The monoisotopic (exact) mass is 564 g/mol. The second-order valence-electron chi connectivity index (χ2n) is 9.82. The van der Waals surface area contributed by atoms with Crippen LogP contribution < -0.4 is 5.32 Å². The summed E-state index contributed by atoms with van der Waals surface area (Å²) in [5, 5.41) is 11.4. The molecule has 0 radical (unpaired) electrons. The molecule has 1 atom stereocenters. The maximum absolute atomic E-state index is 14.0. The highest BCUT2D eigenvalue weighted by molar-refractivity contribution is 5.97. The van der Waals surface area contributed by atoms with Crippen LogP contribution in [0, 0.1) is 5.92 Å². The molecule has 1 fully saturated rings. The third-order valence-corrected chi connectivity index (χ3v) is 7.12. The lowest BCUT2D eigenvalue weighted by Gasteiger charge is -2.25. The molecule has 2 aromatic carbocycles. The predicted molar refractivity (Wildman–Crippen MR) is 135 cm³/mol. The molecular weight excluding hydrogens is 538 g/mol. The maximum atomic E-state index is 14.0. The Morgan fingerprint density at radius 2 is 1.60 bits per heavy atom. The molecular formula is C29H26F6N2O3. The first-order valence-corrected chi connectivity index (χ1v) is 12.7. The molecule has 1 saturated carbocycles. The Morgan fingerprint density at radius 1 is 0.925 bits per heavy atom. The number of aliphatic carboxylic acids is 1. The van der Waals surface area contributed by atoms with Crippen molar-refractivity contribution in [2.75, 3.05) is 5.32 Å². The van der Waals surface area contributed by atoms with Crippen molar-refractivity contribution < 1.29 is 41.0 Å². The Bertz CT molecular complexity index is 1360. The highest BCUT2D eigenvalue weighted by atomic mass is 19.4. The molecule has 1 aliphatic rings. The molecule has 4 rings (SSSR count). The predicted octanol–water partition coefficient (Wildman–Crippen LogP) is 7.72. The third-order valence-electron chi connectivity index (χ3n) is 7.12.